The Labute approximate surface area is 226 Å². The fraction of sp³-hybridized carbons (Fsp3) is 0.367. The molecular weight excluding hydrogens is 498 g/mol. The average Bonchev–Trinajstić information content (AvgIpc) is 3.34. The van der Waals surface area contributed by atoms with Crippen LogP contribution in [0.15, 0.2) is 60.7 Å². The number of carbonyl (C=O) groups is 3. The number of hydrogen-bond donors (Lipinski definition) is 1. The van der Waals surface area contributed by atoms with Gasteiger partial charge in [0.15, 0.2) is 0 Å². The van der Waals surface area contributed by atoms with Crippen molar-refractivity contribution in [3.63, 3.8) is 0 Å². The molecule has 2 atom stereocenters. The number of benzene rings is 3. The molecule has 0 unspecified atom stereocenters. The molecule has 9 heteroatoms. The largest absolute Gasteiger partial charge is 0.496 e. The summed E-state index contributed by atoms with van der Waals surface area (Å²) in [5.74, 6) is -0.135. The summed E-state index contributed by atoms with van der Waals surface area (Å²) in [6.07, 6.45) is -0.336. The van der Waals surface area contributed by atoms with Crippen LogP contribution in [-0.4, -0.2) is 89.1 Å². The number of aliphatic hydroxyl groups excluding tert-OH is 1. The van der Waals surface area contributed by atoms with Gasteiger partial charge < -0.3 is 14.6 Å². The summed E-state index contributed by atoms with van der Waals surface area (Å²) in [5.41, 5.74) is 1.43. The first kappa shape index (κ1) is 25.5. The van der Waals surface area contributed by atoms with E-state index in [2.05, 4.69) is 17.0 Å². The number of methoxy groups -OCH3 is 2. The Morgan fingerprint density at radius 2 is 1.69 bits per heavy atom. The zero-order chi connectivity index (χ0) is 27.3. The van der Waals surface area contributed by atoms with Crippen LogP contribution in [-0.2, 0) is 27.4 Å². The molecular formula is C30H31N3O6. The molecule has 1 N–H and O–H groups in total. The van der Waals surface area contributed by atoms with Crippen LogP contribution in [0.25, 0.3) is 10.8 Å². The Hall–Kier alpha value is -3.79. The van der Waals surface area contributed by atoms with Crippen LogP contribution in [0.1, 0.15) is 27.9 Å². The van der Waals surface area contributed by atoms with Gasteiger partial charge in [0.05, 0.1) is 38.5 Å². The highest BCUT2D eigenvalue weighted by atomic mass is 16.5. The lowest BCUT2D eigenvalue weighted by Gasteiger charge is -2.58. The number of fused-ring (bicyclic) bond motifs is 3. The van der Waals surface area contributed by atoms with Crippen molar-refractivity contribution in [1.29, 1.82) is 0 Å². The molecule has 0 radical (unpaired) electrons. The molecule has 202 valence electrons. The van der Waals surface area contributed by atoms with E-state index in [-0.39, 0.29) is 18.4 Å². The van der Waals surface area contributed by atoms with Gasteiger partial charge in [0.1, 0.15) is 11.3 Å². The number of aliphatic hydroxyl groups is 1. The Morgan fingerprint density at radius 1 is 0.974 bits per heavy atom. The third-order valence-electron chi connectivity index (χ3n) is 8.30. The van der Waals surface area contributed by atoms with Crippen molar-refractivity contribution in [3.8, 4) is 5.75 Å². The molecule has 39 heavy (non-hydrogen) atoms. The Kier molecular flexibility index (Phi) is 6.37. The van der Waals surface area contributed by atoms with Crippen LogP contribution in [0.5, 0.6) is 5.75 Å². The maximum atomic E-state index is 14.0. The minimum atomic E-state index is -0.857. The zero-order valence-electron chi connectivity index (χ0n) is 22.0. The van der Waals surface area contributed by atoms with E-state index in [1.165, 1.54) is 12.0 Å². The van der Waals surface area contributed by atoms with E-state index in [4.69, 9.17) is 9.47 Å². The molecule has 3 fully saturated rings. The Bertz CT molecular complexity index is 1450. The molecule has 1 spiro atoms. The Balaban J connectivity index is 1.24. The fourth-order valence-corrected chi connectivity index (χ4v) is 6.38. The quantitative estimate of drug-likeness (QED) is 0.383. The molecule has 0 saturated carbocycles. The van der Waals surface area contributed by atoms with E-state index in [0.29, 0.717) is 38.2 Å². The molecule has 0 bridgehead atoms. The standard InChI is InChI=1S/C30H31N3O6/c1-38-26-12-11-21(23-5-3-4-6-24(23)26)15-31-17-30(18-31)29(37)32(27(35)25-13-22(34)16-33(25)30)14-19-7-9-20(10-8-19)28(36)39-2/h3-12,22,25,34H,13-18H2,1-2H3/t22-,25+/m1/s1. The predicted molar refractivity (Wildman–Crippen MR) is 143 cm³/mol. The summed E-state index contributed by atoms with van der Waals surface area (Å²) in [6.45, 7) is 2.03. The van der Waals surface area contributed by atoms with Crippen LogP contribution in [0.3, 0.4) is 0 Å². The number of ether oxygens (including phenoxy) is 2. The first-order valence-electron chi connectivity index (χ1n) is 13.1. The molecule has 3 aliphatic rings. The van der Waals surface area contributed by atoms with Gasteiger partial charge >= 0.3 is 5.97 Å². The molecule has 3 saturated heterocycles. The highest BCUT2D eigenvalue weighted by Gasteiger charge is 2.64. The second kappa shape index (κ2) is 9.75. The first-order valence-corrected chi connectivity index (χ1v) is 13.1. The summed E-state index contributed by atoms with van der Waals surface area (Å²) in [7, 11) is 2.98. The van der Waals surface area contributed by atoms with Crippen molar-refractivity contribution < 1.29 is 29.0 Å². The second-order valence-electron chi connectivity index (χ2n) is 10.6. The van der Waals surface area contributed by atoms with Gasteiger partial charge in [-0.2, -0.15) is 0 Å². The van der Waals surface area contributed by atoms with Crippen molar-refractivity contribution in [1.82, 2.24) is 14.7 Å². The fourth-order valence-electron chi connectivity index (χ4n) is 6.38. The normalized spacial score (nSPS) is 22.7. The van der Waals surface area contributed by atoms with E-state index in [1.54, 1.807) is 31.4 Å². The average molecular weight is 530 g/mol. The molecule has 0 aliphatic carbocycles. The molecule has 9 nitrogen and oxygen atoms in total. The predicted octanol–water partition coefficient (Wildman–Crippen LogP) is 2.19. The van der Waals surface area contributed by atoms with Crippen molar-refractivity contribution in [3.05, 3.63) is 77.4 Å². The summed E-state index contributed by atoms with van der Waals surface area (Å²) >= 11 is 0. The number of rotatable bonds is 6. The first-order chi connectivity index (χ1) is 18.8. The number of imide groups is 1. The van der Waals surface area contributed by atoms with Gasteiger partial charge in [-0.05, 0) is 41.1 Å². The minimum absolute atomic E-state index is 0.115. The Morgan fingerprint density at radius 3 is 2.38 bits per heavy atom. The molecule has 3 aliphatic heterocycles. The number of nitrogens with zero attached hydrogens (tertiary/aromatic N) is 3. The van der Waals surface area contributed by atoms with Crippen molar-refractivity contribution in [2.45, 2.75) is 37.2 Å². The minimum Gasteiger partial charge on any atom is -0.496 e. The molecule has 0 aromatic heterocycles. The van der Waals surface area contributed by atoms with E-state index >= 15 is 0 Å². The second-order valence-corrected chi connectivity index (χ2v) is 10.6. The molecule has 3 aromatic rings. The third kappa shape index (κ3) is 4.17. The number of β-amino-alcohol motifs (C(OH)–C–C–N with tert-alkyl or cyclic N) is 1. The molecule has 6 rings (SSSR count). The van der Waals surface area contributed by atoms with Gasteiger partial charge in [-0.1, -0.05) is 42.5 Å². The van der Waals surface area contributed by atoms with Gasteiger partial charge in [-0.25, -0.2) is 4.79 Å². The zero-order valence-corrected chi connectivity index (χ0v) is 22.0. The summed E-state index contributed by atoms with van der Waals surface area (Å²) in [5, 5.41) is 12.6. The topological polar surface area (TPSA) is 99.6 Å². The van der Waals surface area contributed by atoms with E-state index in [9.17, 15) is 19.5 Å². The maximum absolute atomic E-state index is 14.0. The third-order valence-corrected chi connectivity index (χ3v) is 8.30. The van der Waals surface area contributed by atoms with Gasteiger partial charge in [0.25, 0.3) is 5.91 Å². The molecule has 2 amide bonds. The van der Waals surface area contributed by atoms with Crippen molar-refractivity contribution >= 4 is 28.6 Å². The number of esters is 1. The van der Waals surface area contributed by atoms with Crippen LogP contribution in [0.4, 0.5) is 0 Å². The van der Waals surface area contributed by atoms with E-state index < -0.39 is 23.7 Å². The lowest BCUT2D eigenvalue weighted by Crippen LogP contribution is -2.81. The summed E-state index contributed by atoms with van der Waals surface area (Å²) in [4.78, 5) is 44.7. The lowest BCUT2D eigenvalue weighted by molar-refractivity contribution is -0.181. The number of carbonyl (C=O) groups excluding carboxylic acids is 3. The summed E-state index contributed by atoms with van der Waals surface area (Å²) in [6, 6.07) is 18.3. The van der Waals surface area contributed by atoms with Crippen molar-refractivity contribution in [2.75, 3.05) is 33.9 Å². The van der Waals surface area contributed by atoms with Crippen LogP contribution >= 0.6 is 0 Å². The maximum Gasteiger partial charge on any atom is 0.337 e. The molecule has 3 aromatic carbocycles. The SMILES string of the molecule is COC(=O)c1ccc(CN2C(=O)[C@@H]3C[C@@H](O)CN3C3(CN(Cc4ccc(OC)c5ccccc45)C3)C2=O)cc1. The number of hydrogen-bond acceptors (Lipinski definition) is 8. The number of likely N-dealkylation sites (tertiary alicyclic amines) is 1. The van der Waals surface area contributed by atoms with Crippen molar-refractivity contribution in [2.24, 2.45) is 0 Å². The van der Waals surface area contributed by atoms with Crippen LogP contribution in [0, 0.1) is 0 Å². The number of amides is 2. The van der Waals surface area contributed by atoms with Gasteiger partial charge in [0.2, 0.25) is 5.91 Å². The number of piperazine rings is 1. The highest BCUT2D eigenvalue weighted by molar-refractivity contribution is 6.06. The monoisotopic (exact) mass is 529 g/mol. The van der Waals surface area contributed by atoms with Crippen LogP contribution in [0.2, 0.25) is 0 Å². The lowest BCUT2D eigenvalue weighted by atomic mass is 9.82. The highest BCUT2D eigenvalue weighted by Crippen LogP contribution is 2.42. The van der Waals surface area contributed by atoms with E-state index in [0.717, 1.165) is 27.6 Å². The van der Waals surface area contributed by atoms with Gasteiger partial charge in [-0.3, -0.25) is 24.3 Å². The van der Waals surface area contributed by atoms with Crippen LogP contribution < -0.4 is 4.74 Å². The van der Waals surface area contributed by atoms with E-state index in [1.807, 2.05) is 29.2 Å². The van der Waals surface area contributed by atoms with Gasteiger partial charge in [-0.15, -0.1) is 0 Å². The molecule has 3 heterocycles. The summed E-state index contributed by atoms with van der Waals surface area (Å²) < 4.78 is 10.3. The van der Waals surface area contributed by atoms with Gasteiger partial charge in [0, 0.05) is 31.6 Å². The smallest absolute Gasteiger partial charge is 0.337 e.